The maximum atomic E-state index is 12.5. The zero-order chi connectivity index (χ0) is 21.2. The van der Waals surface area contributed by atoms with E-state index in [0.717, 1.165) is 48.8 Å². The van der Waals surface area contributed by atoms with Crippen molar-refractivity contribution in [3.8, 4) is 11.4 Å². The fourth-order valence-corrected chi connectivity index (χ4v) is 3.71. The third kappa shape index (κ3) is 4.64. The molecule has 0 atom stereocenters. The van der Waals surface area contributed by atoms with Crippen molar-refractivity contribution in [2.45, 2.75) is 25.3 Å². The van der Waals surface area contributed by atoms with E-state index in [4.69, 9.17) is 16.1 Å². The van der Waals surface area contributed by atoms with Crippen molar-refractivity contribution >= 4 is 23.4 Å². The van der Waals surface area contributed by atoms with Gasteiger partial charge in [-0.05, 0) is 42.7 Å². The van der Waals surface area contributed by atoms with Crippen LogP contribution in [-0.2, 0) is 6.54 Å². The SMILES string of the molecule is O=C(NCc1ccc(Cl)cc1)N1CCN(c2ccc(-c3noc(C4CC4)n3)cn2)CC1. The van der Waals surface area contributed by atoms with E-state index in [0.29, 0.717) is 36.4 Å². The predicted octanol–water partition coefficient (Wildman–Crippen LogP) is 3.69. The van der Waals surface area contributed by atoms with Gasteiger partial charge in [0.25, 0.3) is 0 Å². The van der Waals surface area contributed by atoms with Gasteiger partial charge in [-0.3, -0.25) is 0 Å². The summed E-state index contributed by atoms with van der Waals surface area (Å²) in [6.07, 6.45) is 4.04. The Morgan fingerprint density at radius 3 is 2.55 bits per heavy atom. The van der Waals surface area contributed by atoms with Crippen LogP contribution in [0.2, 0.25) is 5.02 Å². The number of hydrogen-bond acceptors (Lipinski definition) is 6. The molecule has 1 aromatic carbocycles. The third-order valence-electron chi connectivity index (χ3n) is 5.62. The minimum absolute atomic E-state index is 0.0542. The minimum atomic E-state index is -0.0542. The zero-order valence-electron chi connectivity index (χ0n) is 17.0. The molecule has 1 saturated carbocycles. The number of carbonyl (C=O) groups excluding carboxylic acids is 1. The lowest BCUT2D eigenvalue weighted by molar-refractivity contribution is 0.194. The van der Waals surface area contributed by atoms with E-state index in [2.05, 4.69) is 25.3 Å². The van der Waals surface area contributed by atoms with Crippen LogP contribution in [0.4, 0.5) is 10.6 Å². The first-order chi connectivity index (χ1) is 15.2. The maximum absolute atomic E-state index is 12.5. The number of aromatic nitrogens is 3. The lowest BCUT2D eigenvalue weighted by Crippen LogP contribution is -2.51. The summed E-state index contributed by atoms with van der Waals surface area (Å²) in [6.45, 7) is 3.23. The Morgan fingerprint density at radius 2 is 1.87 bits per heavy atom. The number of nitrogens with zero attached hydrogens (tertiary/aromatic N) is 5. The molecule has 3 aromatic rings. The monoisotopic (exact) mass is 438 g/mol. The minimum Gasteiger partial charge on any atom is -0.353 e. The van der Waals surface area contributed by atoms with Gasteiger partial charge >= 0.3 is 6.03 Å². The maximum Gasteiger partial charge on any atom is 0.317 e. The van der Waals surface area contributed by atoms with E-state index in [1.54, 1.807) is 6.20 Å². The summed E-state index contributed by atoms with van der Waals surface area (Å²) in [5.74, 6) is 2.64. The second kappa shape index (κ2) is 8.55. The molecule has 2 amide bonds. The lowest BCUT2D eigenvalue weighted by atomic mass is 10.2. The molecule has 1 N–H and O–H groups in total. The van der Waals surface area contributed by atoms with Gasteiger partial charge in [0.15, 0.2) is 0 Å². The van der Waals surface area contributed by atoms with Crippen molar-refractivity contribution in [1.29, 1.82) is 0 Å². The first-order valence-corrected chi connectivity index (χ1v) is 10.9. The van der Waals surface area contributed by atoms with Gasteiger partial charge in [-0.25, -0.2) is 9.78 Å². The summed E-state index contributed by atoms with van der Waals surface area (Å²) < 4.78 is 5.33. The molecule has 3 heterocycles. The number of halogens is 1. The third-order valence-corrected chi connectivity index (χ3v) is 5.87. The Labute approximate surface area is 185 Å². The van der Waals surface area contributed by atoms with Crippen LogP contribution >= 0.6 is 11.6 Å². The van der Waals surface area contributed by atoms with E-state index in [-0.39, 0.29) is 6.03 Å². The topological polar surface area (TPSA) is 87.4 Å². The number of anilines is 1. The van der Waals surface area contributed by atoms with Gasteiger partial charge in [-0.1, -0.05) is 28.9 Å². The van der Waals surface area contributed by atoms with E-state index in [1.165, 1.54) is 0 Å². The Balaban J connectivity index is 1.12. The van der Waals surface area contributed by atoms with Crippen molar-refractivity contribution < 1.29 is 9.32 Å². The van der Waals surface area contributed by atoms with E-state index in [9.17, 15) is 4.79 Å². The Kier molecular flexibility index (Phi) is 5.46. The Hall–Kier alpha value is -3.13. The number of rotatable bonds is 5. The van der Waals surface area contributed by atoms with Gasteiger partial charge in [0.05, 0.1) is 0 Å². The average Bonchev–Trinajstić information content (AvgIpc) is 3.55. The molecule has 0 unspecified atom stereocenters. The van der Waals surface area contributed by atoms with Crippen LogP contribution in [0.15, 0.2) is 47.1 Å². The smallest absolute Gasteiger partial charge is 0.317 e. The largest absolute Gasteiger partial charge is 0.353 e. The van der Waals surface area contributed by atoms with Crippen molar-refractivity contribution in [2.75, 3.05) is 31.1 Å². The van der Waals surface area contributed by atoms with E-state index < -0.39 is 0 Å². The number of amides is 2. The summed E-state index contributed by atoms with van der Waals surface area (Å²) in [7, 11) is 0. The van der Waals surface area contributed by atoms with Crippen LogP contribution in [0.5, 0.6) is 0 Å². The predicted molar refractivity (Wildman–Crippen MR) is 117 cm³/mol. The number of hydrogen-bond donors (Lipinski definition) is 1. The van der Waals surface area contributed by atoms with Crippen molar-refractivity contribution in [2.24, 2.45) is 0 Å². The van der Waals surface area contributed by atoms with Gasteiger partial charge in [0.2, 0.25) is 11.7 Å². The normalized spacial score (nSPS) is 16.4. The summed E-state index contributed by atoms with van der Waals surface area (Å²) >= 11 is 5.90. The zero-order valence-corrected chi connectivity index (χ0v) is 17.8. The molecule has 2 aromatic heterocycles. The Morgan fingerprint density at radius 1 is 1.10 bits per heavy atom. The second-order valence-corrected chi connectivity index (χ2v) is 8.33. The molecule has 31 heavy (non-hydrogen) atoms. The van der Waals surface area contributed by atoms with Crippen LogP contribution in [0, 0.1) is 0 Å². The van der Waals surface area contributed by atoms with Gasteiger partial charge in [-0.2, -0.15) is 4.98 Å². The van der Waals surface area contributed by atoms with Crippen LogP contribution in [0.1, 0.15) is 30.2 Å². The molecule has 2 aliphatic rings. The number of piperazine rings is 1. The number of nitrogens with one attached hydrogen (secondary N) is 1. The number of carbonyl (C=O) groups is 1. The number of benzene rings is 1. The summed E-state index contributed by atoms with van der Waals surface area (Å²) in [5.41, 5.74) is 1.87. The average molecular weight is 439 g/mol. The van der Waals surface area contributed by atoms with Gasteiger partial charge in [0.1, 0.15) is 5.82 Å². The molecule has 1 saturated heterocycles. The molecule has 160 valence electrons. The standard InChI is InChI=1S/C22H23ClN6O2/c23-18-6-1-15(2-7-18)13-25-22(30)29-11-9-28(10-12-29)19-8-5-17(14-24-19)20-26-21(31-27-20)16-3-4-16/h1-2,5-8,14,16H,3-4,9-13H2,(H,25,30). The van der Waals surface area contributed by atoms with Crippen molar-refractivity contribution in [3.63, 3.8) is 0 Å². The van der Waals surface area contributed by atoms with E-state index >= 15 is 0 Å². The molecule has 8 nitrogen and oxygen atoms in total. The van der Waals surface area contributed by atoms with Crippen LogP contribution in [0.25, 0.3) is 11.4 Å². The van der Waals surface area contributed by atoms with Gasteiger partial charge in [0, 0.05) is 55.4 Å². The quantitative estimate of drug-likeness (QED) is 0.653. The second-order valence-electron chi connectivity index (χ2n) is 7.89. The highest BCUT2D eigenvalue weighted by atomic mass is 35.5. The number of urea groups is 1. The molecule has 5 rings (SSSR count). The van der Waals surface area contributed by atoms with E-state index in [1.807, 2.05) is 41.3 Å². The highest BCUT2D eigenvalue weighted by Gasteiger charge is 2.30. The summed E-state index contributed by atoms with van der Waals surface area (Å²) in [6, 6.07) is 11.4. The van der Waals surface area contributed by atoms with Crippen LogP contribution < -0.4 is 10.2 Å². The first-order valence-electron chi connectivity index (χ1n) is 10.5. The van der Waals surface area contributed by atoms with Gasteiger partial charge < -0.3 is 19.6 Å². The molecule has 0 bridgehead atoms. The molecule has 1 aliphatic carbocycles. The lowest BCUT2D eigenvalue weighted by Gasteiger charge is -2.35. The summed E-state index contributed by atoms with van der Waals surface area (Å²) in [5, 5.41) is 7.72. The van der Waals surface area contributed by atoms with Gasteiger partial charge in [-0.15, -0.1) is 0 Å². The molecule has 2 fully saturated rings. The van der Waals surface area contributed by atoms with Crippen LogP contribution in [0.3, 0.4) is 0 Å². The fourth-order valence-electron chi connectivity index (χ4n) is 3.58. The van der Waals surface area contributed by atoms with Crippen molar-refractivity contribution in [3.05, 3.63) is 59.1 Å². The highest BCUT2D eigenvalue weighted by Crippen LogP contribution is 2.39. The fraction of sp³-hybridized carbons (Fsp3) is 0.364. The first kappa shape index (κ1) is 19.8. The Bertz CT molecular complexity index is 1040. The van der Waals surface area contributed by atoms with Crippen LogP contribution in [-0.4, -0.2) is 52.2 Å². The summed E-state index contributed by atoms with van der Waals surface area (Å²) in [4.78, 5) is 25.5. The molecular weight excluding hydrogens is 416 g/mol. The molecular formula is C22H23ClN6O2. The molecule has 1 aliphatic heterocycles. The highest BCUT2D eigenvalue weighted by molar-refractivity contribution is 6.30. The number of pyridine rings is 1. The molecule has 0 radical (unpaired) electrons. The molecule has 0 spiro atoms. The van der Waals surface area contributed by atoms with Crippen molar-refractivity contribution in [1.82, 2.24) is 25.3 Å². The molecule has 9 heteroatoms.